The summed E-state index contributed by atoms with van der Waals surface area (Å²) in [4.78, 5) is 4.07. The molecule has 0 atom stereocenters. The van der Waals surface area contributed by atoms with Crippen molar-refractivity contribution in [2.24, 2.45) is 0 Å². The van der Waals surface area contributed by atoms with E-state index in [0.29, 0.717) is 11.3 Å². The highest BCUT2D eigenvalue weighted by molar-refractivity contribution is 6.27. The zero-order valence-electron chi connectivity index (χ0n) is 26.1. The number of aromatic nitrogens is 2. The number of para-hydroxylation sites is 6. The molecule has 0 unspecified atom stereocenters. The zero-order chi connectivity index (χ0) is 32.6. The molecule has 10 aromatic rings. The maximum absolute atomic E-state index is 10.7. The van der Waals surface area contributed by atoms with Crippen LogP contribution in [0.1, 0.15) is 5.56 Å². The van der Waals surface area contributed by atoms with E-state index in [1.807, 2.05) is 66.7 Å². The van der Waals surface area contributed by atoms with Crippen LogP contribution in [-0.2, 0) is 0 Å². The molecule has 0 aliphatic heterocycles. The number of fused-ring (bicyclic) bond motifs is 10. The lowest BCUT2D eigenvalue weighted by molar-refractivity contribution is 0.669. The van der Waals surface area contributed by atoms with Gasteiger partial charge in [0.1, 0.15) is 17.2 Å². The van der Waals surface area contributed by atoms with E-state index in [9.17, 15) is 5.26 Å². The van der Waals surface area contributed by atoms with Crippen molar-refractivity contribution in [3.05, 3.63) is 163 Å². The van der Waals surface area contributed by atoms with Crippen molar-refractivity contribution in [1.82, 2.24) is 9.13 Å². The smallest absolute Gasteiger partial charge is 0.211 e. The Balaban J connectivity index is 1.37. The van der Waals surface area contributed by atoms with Gasteiger partial charge >= 0.3 is 0 Å². The minimum absolute atomic E-state index is 0.533. The van der Waals surface area contributed by atoms with Gasteiger partial charge in [-0.25, -0.2) is 4.85 Å². The van der Waals surface area contributed by atoms with Crippen molar-refractivity contribution in [3.63, 3.8) is 0 Å². The second-order valence-electron chi connectivity index (χ2n) is 12.3. The number of nitriles is 1. The molecule has 49 heavy (non-hydrogen) atoms. The van der Waals surface area contributed by atoms with Gasteiger partial charge in [-0.1, -0.05) is 103 Å². The zero-order valence-corrected chi connectivity index (χ0v) is 26.1. The maximum atomic E-state index is 10.7. The number of hydrogen-bond acceptors (Lipinski definition) is 2. The highest BCUT2D eigenvalue weighted by Crippen LogP contribution is 2.46. The van der Waals surface area contributed by atoms with Crippen LogP contribution in [0.15, 0.2) is 150 Å². The van der Waals surface area contributed by atoms with Crippen molar-refractivity contribution >= 4 is 71.2 Å². The number of hydrogen-bond donors (Lipinski definition) is 0. The van der Waals surface area contributed by atoms with Gasteiger partial charge in [0.2, 0.25) is 5.69 Å². The Morgan fingerprint density at radius 3 is 1.76 bits per heavy atom. The number of nitrogens with zero attached hydrogens (tertiary/aromatic N) is 4. The van der Waals surface area contributed by atoms with Crippen LogP contribution in [0.5, 0.6) is 0 Å². The maximum Gasteiger partial charge on any atom is 0.211 e. The molecule has 5 nitrogen and oxygen atoms in total. The molecular weight excluding hydrogens is 601 g/mol. The number of rotatable bonds is 3. The summed E-state index contributed by atoms with van der Waals surface area (Å²) in [5.74, 6) is 0. The SMILES string of the molecule is [C-]#[N+]c1cccc(-c2cccc(C#N)c2-n2c3ccccc3c3c4c(ccc32)oc2ccccc24)c1-n1c2ccccc2c2ccccc21. The molecule has 3 heterocycles. The van der Waals surface area contributed by atoms with Gasteiger partial charge in [0.15, 0.2) is 0 Å². The van der Waals surface area contributed by atoms with Crippen LogP contribution < -0.4 is 0 Å². The number of furan rings is 1. The summed E-state index contributed by atoms with van der Waals surface area (Å²) in [6.07, 6.45) is 0. The summed E-state index contributed by atoms with van der Waals surface area (Å²) in [7, 11) is 0. The van der Waals surface area contributed by atoms with Gasteiger partial charge in [0, 0.05) is 37.9 Å². The quantitative estimate of drug-likeness (QED) is 0.184. The molecule has 0 N–H and O–H groups in total. The molecular formula is C44H24N4O. The predicted octanol–water partition coefficient (Wildman–Crippen LogP) is 11.9. The van der Waals surface area contributed by atoms with E-state index in [2.05, 4.69) is 98.9 Å². The Bertz CT molecular complexity index is 3030. The molecule has 0 saturated heterocycles. The molecule has 5 heteroatoms. The molecule has 0 aliphatic rings. The second-order valence-corrected chi connectivity index (χ2v) is 12.3. The van der Waals surface area contributed by atoms with E-state index in [-0.39, 0.29) is 0 Å². The number of benzene rings is 7. The summed E-state index contributed by atoms with van der Waals surface area (Å²) in [6.45, 7) is 8.32. The molecule has 0 spiro atoms. The van der Waals surface area contributed by atoms with Gasteiger partial charge in [-0.15, -0.1) is 0 Å². The molecule has 3 aromatic heterocycles. The van der Waals surface area contributed by atoms with E-state index in [1.54, 1.807) is 0 Å². The van der Waals surface area contributed by atoms with Gasteiger partial charge < -0.3 is 13.6 Å². The lowest BCUT2D eigenvalue weighted by Crippen LogP contribution is -2.03. The van der Waals surface area contributed by atoms with Crippen LogP contribution in [0.4, 0.5) is 5.69 Å². The summed E-state index contributed by atoms with van der Waals surface area (Å²) in [5, 5.41) is 17.2. The largest absolute Gasteiger partial charge is 0.456 e. The van der Waals surface area contributed by atoms with Crippen LogP contribution in [0.25, 0.3) is 92.9 Å². The third kappa shape index (κ3) is 3.67. The van der Waals surface area contributed by atoms with Gasteiger partial charge in [-0.2, -0.15) is 5.26 Å². The first-order valence-corrected chi connectivity index (χ1v) is 16.1. The minimum Gasteiger partial charge on any atom is -0.456 e. The normalized spacial score (nSPS) is 11.6. The van der Waals surface area contributed by atoms with E-state index >= 15 is 0 Å². The van der Waals surface area contributed by atoms with Crippen molar-refractivity contribution in [3.8, 4) is 28.6 Å². The fourth-order valence-electron chi connectivity index (χ4n) is 7.84. The average molecular weight is 625 g/mol. The van der Waals surface area contributed by atoms with E-state index in [4.69, 9.17) is 11.0 Å². The predicted molar refractivity (Wildman–Crippen MR) is 199 cm³/mol. The Hall–Kier alpha value is -7.08. The van der Waals surface area contributed by atoms with E-state index in [1.165, 1.54) is 0 Å². The second kappa shape index (κ2) is 10.2. The van der Waals surface area contributed by atoms with E-state index < -0.39 is 0 Å². The average Bonchev–Trinajstić information content (AvgIpc) is 3.81. The highest BCUT2D eigenvalue weighted by atomic mass is 16.3. The molecule has 0 amide bonds. The lowest BCUT2D eigenvalue weighted by Gasteiger charge is -2.20. The standard InChI is InChI=1S/C44H24N4O/c1-46-34-19-11-18-31(44(34)47-35-20-6-2-13-28(35)29-14-3-7-21-36(29)47)30-17-10-12-27(26-45)43(30)48-37-22-8-4-15-32(37)41-38(48)24-25-40-42(41)33-16-5-9-23-39(33)49-40/h2-25H. The van der Waals surface area contributed by atoms with Crippen LogP contribution in [0, 0.1) is 17.9 Å². The Kier molecular flexibility index (Phi) is 5.64. The fraction of sp³-hybridized carbons (Fsp3) is 0. The molecule has 226 valence electrons. The first kappa shape index (κ1) is 27.1. The first-order chi connectivity index (χ1) is 24.3. The Labute approximate surface area is 280 Å². The molecule has 10 rings (SSSR count). The Morgan fingerprint density at radius 2 is 1.06 bits per heavy atom. The third-order valence-electron chi connectivity index (χ3n) is 9.79. The summed E-state index contributed by atoms with van der Waals surface area (Å²) in [5.41, 5.74) is 10.0. The molecule has 0 bridgehead atoms. The first-order valence-electron chi connectivity index (χ1n) is 16.1. The monoisotopic (exact) mass is 624 g/mol. The molecule has 0 aliphatic carbocycles. The van der Waals surface area contributed by atoms with Crippen LogP contribution in [0.3, 0.4) is 0 Å². The van der Waals surface area contributed by atoms with Gasteiger partial charge in [0.05, 0.1) is 45.6 Å². The van der Waals surface area contributed by atoms with Crippen molar-refractivity contribution < 1.29 is 4.42 Å². The fourth-order valence-corrected chi connectivity index (χ4v) is 7.84. The summed E-state index contributed by atoms with van der Waals surface area (Å²) in [6, 6.07) is 51.6. The molecule has 0 saturated carbocycles. The summed E-state index contributed by atoms with van der Waals surface area (Å²) < 4.78 is 10.8. The summed E-state index contributed by atoms with van der Waals surface area (Å²) >= 11 is 0. The van der Waals surface area contributed by atoms with Crippen LogP contribution >= 0.6 is 0 Å². The molecule has 0 radical (unpaired) electrons. The van der Waals surface area contributed by atoms with Crippen LogP contribution in [0.2, 0.25) is 0 Å². The van der Waals surface area contributed by atoms with Crippen molar-refractivity contribution in [2.75, 3.05) is 0 Å². The lowest BCUT2D eigenvalue weighted by atomic mass is 9.97. The van der Waals surface area contributed by atoms with Crippen molar-refractivity contribution in [1.29, 1.82) is 5.26 Å². The minimum atomic E-state index is 0.533. The van der Waals surface area contributed by atoms with Gasteiger partial charge in [0.25, 0.3) is 0 Å². The van der Waals surface area contributed by atoms with Crippen molar-refractivity contribution in [2.45, 2.75) is 0 Å². The van der Waals surface area contributed by atoms with Gasteiger partial charge in [-0.05, 0) is 48.0 Å². The van der Waals surface area contributed by atoms with Crippen LogP contribution in [-0.4, -0.2) is 9.13 Å². The molecule has 7 aromatic carbocycles. The third-order valence-corrected chi connectivity index (χ3v) is 9.79. The highest BCUT2D eigenvalue weighted by Gasteiger charge is 2.25. The Morgan fingerprint density at radius 1 is 0.490 bits per heavy atom. The van der Waals surface area contributed by atoms with E-state index in [0.717, 1.165) is 88.1 Å². The topological polar surface area (TPSA) is 51.1 Å². The van der Waals surface area contributed by atoms with Gasteiger partial charge in [-0.3, -0.25) is 0 Å². The molecule has 0 fully saturated rings.